The SMILES string of the molecule is NC(=O)NN(C(N)=O)S(=O)(=O)Cc1ccccc1. The predicted molar refractivity (Wildman–Crippen MR) is 63.2 cm³/mol. The third-order valence-electron chi connectivity index (χ3n) is 1.88. The molecule has 0 unspecified atom stereocenters. The molecule has 0 saturated heterocycles. The first-order chi connectivity index (χ1) is 8.33. The third-order valence-corrected chi connectivity index (χ3v) is 3.41. The molecule has 0 radical (unpaired) electrons. The number of nitrogens with two attached hydrogens (primary N) is 2. The normalized spacial score (nSPS) is 10.7. The number of urea groups is 2. The fraction of sp³-hybridized carbons (Fsp3) is 0.111. The molecule has 0 aliphatic carbocycles. The van der Waals surface area contributed by atoms with Crippen molar-refractivity contribution in [2.24, 2.45) is 11.5 Å². The number of hydrogen-bond acceptors (Lipinski definition) is 4. The summed E-state index contributed by atoms with van der Waals surface area (Å²) in [5, 5.41) is 0. The summed E-state index contributed by atoms with van der Waals surface area (Å²) in [6.45, 7) is 0. The molecule has 0 bridgehead atoms. The number of rotatable bonds is 3. The molecular weight excluding hydrogens is 260 g/mol. The van der Waals surface area contributed by atoms with Gasteiger partial charge in [-0.25, -0.2) is 23.4 Å². The zero-order chi connectivity index (χ0) is 13.8. The fourth-order valence-electron chi connectivity index (χ4n) is 1.21. The number of nitrogens with one attached hydrogen (secondary N) is 1. The number of hydrazine groups is 1. The van der Waals surface area contributed by atoms with Crippen LogP contribution in [0.2, 0.25) is 0 Å². The molecule has 0 fully saturated rings. The molecular formula is C9H12N4O4S. The van der Waals surface area contributed by atoms with Crippen molar-refractivity contribution in [2.75, 3.05) is 0 Å². The maximum absolute atomic E-state index is 11.8. The Morgan fingerprint density at radius 1 is 1.17 bits per heavy atom. The van der Waals surface area contributed by atoms with Crippen molar-refractivity contribution < 1.29 is 18.0 Å². The first kappa shape index (κ1) is 13.8. The molecule has 98 valence electrons. The van der Waals surface area contributed by atoms with Gasteiger partial charge in [-0.3, -0.25) is 0 Å². The number of amides is 4. The Morgan fingerprint density at radius 3 is 2.17 bits per heavy atom. The summed E-state index contributed by atoms with van der Waals surface area (Å²) in [4.78, 5) is 21.6. The molecule has 0 aliphatic heterocycles. The van der Waals surface area contributed by atoms with Gasteiger partial charge in [0.2, 0.25) is 0 Å². The van der Waals surface area contributed by atoms with Crippen LogP contribution in [0.3, 0.4) is 0 Å². The van der Waals surface area contributed by atoms with Gasteiger partial charge in [0.05, 0.1) is 5.75 Å². The van der Waals surface area contributed by atoms with E-state index >= 15 is 0 Å². The van der Waals surface area contributed by atoms with Crippen LogP contribution in [0.25, 0.3) is 0 Å². The number of sulfonamides is 1. The maximum Gasteiger partial charge on any atom is 0.348 e. The van der Waals surface area contributed by atoms with Gasteiger partial charge in [-0.2, -0.15) is 0 Å². The van der Waals surface area contributed by atoms with Crippen molar-refractivity contribution in [2.45, 2.75) is 5.75 Å². The van der Waals surface area contributed by atoms with E-state index in [9.17, 15) is 18.0 Å². The Kier molecular flexibility index (Phi) is 4.10. The fourth-order valence-corrected chi connectivity index (χ4v) is 2.46. The van der Waals surface area contributed by atoms with Crippen LogP contribution >= 0.6 is 0 Å². The average molecular weight is 272 g/mol. The van der Waals surface area contributed by atoms with E-state index in [0.29, 0.717) is 5.56 Å². The highest BCUT2D eigenvalue weighted by Crippen LogP contribution is 2.08. The highest BCUT2D eigenvalue weighted by Gasteiger charge is 2.27. The van der Waals surface area contributed by atoms with Crippen molar-refractivity contribution in [3.8, 4) is 0 Å². The molecule has 8 nitrogen and oxygen atoms in total. The van der Waals surface area contributed by atoms with Crippen LogP contribution in [-0.4, -0.2) is 24.9 Å². The summed E-state index contributed by atoms with van der Waals surface area (Å²) in [6, 6.07) is 5.56. The Morgan fingerprint density at radius 2 is 1.72 bits per heavy atom. The van der Waals surface area contributed by atoms with Gasteiger partial charge >= 0.3 is 12.1 Å². The molecule has 0 atom stereocenters. The Labute approximate surface area is 104 Å². The molecule has 4 amide bonds. The smallest absolute Gasteiger partial charge is 0.348 e. The second kappa shape index (κ2) is 5.36. The quantitative estimate of drug-likeness (QED) is 0.638. The van der Waals surface area contributed by atoms with E-state index in [1.807, 2.05) is 0 Å². The van der Waals surface area contributed by atoms with E-state index in [0.717, 1.165) is 0 Å². The van der Waals surface area contributed by atoms with E-state index in [4.69, 9.17) is 11.5 Å². The minimum absolute atomic E-state index is 0.0162. The lowest BCUT2D eigenvalue weighted by Crippen LogP contribution is -2.53. The molecule has 1 aromatic rings. The van der Waals surface area contributed by atoms with Crippen LogP contribution in [0.5, 0.6) is 0 Å². The first-order valence-corrected chi connectivity index (χ1v) is 6.36. The third kappa shape index (κ3) is 3.63. The minimum Gasteiger partial charge on any atom is -0.350 e. The summed E-state index contributed by atoms with van der Waals surface area (Å²) >= 11 is 0. The molecule has 0 aromatic heterocycles. The number of nitrogens with zero attached hydrogens (tertiary/aromatic N) is 1. The van der Waals surface area contributed by atoms with E-state index in [2.05, 4.69) is 0 Å². The summed E-state index contributed by atoms with van der Waals surface area (Å²) in [5.41, 5.74) is 11.7. The maximum atomic E-state index is 11.8. The average Bonchev–Trinajstić information content (AvgIpc) is 2.26. The van der Waals surface area contributed by atoms with Crippen molar-refractivity contribution in [3.63, 3.8) is 0 Å². The standard InChI is InChI=1S/C9H12N4O4S/c10-8(14)12-13(9(11)15)18(16,17)6-7-4-2-1-3-5-7/h1-5H,6H2,(H2,11,15)(H3,10,12,14). The molecule has 0 aliphatic rings. The molecule has 0 heterocycles. The number of benzene rings is 1. The van der Waals surface area contributed by atoms with Gasteiger partial charge in [-0.15, -0.1) is 4.41 Å². The topological polar surface area (TPSA) is 136 Å². The van der Waals surface area contributed by atoms with Crippen LogP contribution in [0, 0.1) is 0 Å². The highest BCUT2D eigenvalue weighted by atomic mass is 32.2. The summed E-state index contributed by atoms with van der Waals surface area (Å²) in [7, 11) is -4.12. The number of carbonyl (C=O) groups is 2. The van der Waals surface area contributed by atoms with Crippen LogP contribution < -0.4 is 16.9 Å². The zero-order valence-corrected chi connectivity index (χ0v) is 10.1. The Balaban J connectivity index is 2.96. The van der Waals surface area contributed by atoms with Crippen LogP contribution in [0.1, 0.15) is 5.56 Å². The predicted octanol–water partition coefficient (Wildman–Crippen LogP) is -0.520. The Bertz CT molecular complexity index is 543. The molecule has 0 saturated carbocycles. The molecule has 0 spiro atoms. The summed E-state index contributed by atoms with van der Waals surface area (Å²) in [6.07, 6.45) is 0. The molecule has 1 aromatic carbocycles. The van der Waals surface area contributed by atoms with Gasteiger partial charge in [-0.05, 0) is 5.56 Å². The second-order valence-electron chi connectivity index (χ2n) is 3.32. The highest BCUT2D eigenvalue weighted by molar-refractivity contribution is 7.88. The van der Waals surface area contributed by atoms with E-state index < -0.39 is 27.8 Å². The largest absolute Gasteiger partial charge is 0.350 e. The van der Waals surface area contributed by atoms with Crippen molar-refractivity contribution in [1.82, 2.24) is 9.84 Å². The summed E-state index contributed by atoms with van der Waals surface area (Å²) < 4.78 is 23.7. The van der Waals surface area contributed by atoms with Crippen molar-refractivity contribution in [3.05, 3.63) is 35.9 Å². The van der Waals surface area contributed by atoms with Crippen LogP contribution in [0.4, 0.5) is 9.59 Å². The zero-order valence-electron chi connectivity index (χ0n) is 9.24. The van der Waals surface area contributed by atoms with E-state index in [1.165, 1.54) is 0 Å². The van der Waals surface area contributed by atoms with E-state index in [-0.39, 0.29) is 4.41 Å². The minimum atomic E-state index is -4.12. The molecule has 5 N–H and O–H groups in total. The van der Waals surface area contributed by atoms with E-state index in [1.54, 1.807) is 35.8 Å². The number of carbonyl (C=O) groups excluding carboxylic acids is 2. The second-order valence-corrected chi connectivity index (χ2v) is 5.14. The van der Waals surface area contributed by atoms with Gasteiger partial charge in [0.15, 0.2) is 0 Å². The van der Waals surface area contributed by atoms with Crippen molar-refractivity contribution >= 4 is 22.1 Å². The van der Waals surface area contributed by atoms with Gasteiger partial charge < -0.3 is 11.5 Å². The molecule has 1 rings (SSSR count). The number of hydrogen-bond donors (Lipinski definition) is 3. The Hall–Kier alpha value is -2.29. The van der Waals surface area contributed by atoms with Gasteiger partial charge in [0, 0.05) is 0 Å². The summed E-state index contributed by atoms with van der Waals surface area (Å²) in [5.74, 6) is -0.489. The lowest BCUT2D eigenvalue weighted by atomic mass is 10.2. The van der Waals surface area contributed by atoms with Gasteiger partial charge in [0.1, 0.15) is 0 Å². The first-order valence-electron chi connectivity index (χ1n) is 4.75. The van der Waals surface area contributed by atoms with Gasteiger partial charge in [0.25, 0.3) is 10.0 Å². The van der Waals surface area contributed by atoms with Gasteiger partial charge in [-0.1, -0.05) is 30.3 Å². The molecule has 18 heavy (non-hydrogen) atoms. The van der Waals surface area contributed by atoms with Crippen LogP contribution in [-0.2, 0) is 15.8 Å². The monoisotopic (exact) mass is 272 g/mol. The molecule has 9 heteroatoms. The van der Waals surface area contributed by atoms with Crippen molar-refractivity contribution in [1.29, 1.82) is 0 Å². The lowest BCUT2D eigenvalue weighted by molar-refractivity contribution is 0.210. The number of primary amides is 2. The lowest BCUT2D eigenvalue weighted by Gasteiger charge is -2.19. The van der Waals surface area contributed by atoms with Crippen LogP contribution in [0.15, 0.2) is 30.3 Å².